The number of H-pyrrole nitrogens is 1. The van der Waals surface area contributed by atoms with Crippen molar-refractivity contribution >= 4 is 22.9 Å². The number of aromatic amines is 1. The van der Waals surface area contributed by atoms with Gasteiger partial charge in [0.15, 0.2) is 5.58 Å². The van der Waals surface area contributed by atoms with Crippen molar-refractivity contribution in [1.82, 2.24) is 14.8 Å². The van der Waals surface area contributed by atoms with Gasteiger partial charge in [-0.1, -0.05) is 6.42 Å². The molecule has 1 aromatic carbocycles. The zero-order valence-electron chi connectivity index (χ0n) is 13.3. The Morgan fingerprint density at radius 1 is 1.08 bits per heavy atom. The van der Waals surface area contributed by atoms with Gasteiger partial charge in [0.25, 0.3) is 5.91 Å². The Morgan fingerprint density at radius 3 is 2.46 bits per heavy atom. The van der Waals surface area contributed by atoms with Crippen LogP contribution in [-0.4, -0.2) is 52.8 Å². The maximum absolute atomic E-state index is 12.6. The summed E-state index contributed by atoms with van der Waals surface area (Å²) in [5.41, 5.74) is 1.47. The molecule has 4 rings (SSSR count). The predicted octanol–water partition coefficient (Wildman–Crippen LogP) is 1.21. The van der Waals surface area contributed by atoms with Gasteiger partial charge in [-0.15, -0.1) is 0 Å². The van der Waals surface area contributed by atoms with Crippen molar-refractivity contribution in [3.05, 3.63) is 34.3 Å². The van der Waals surface area contributed by atoms with Gasteiger partial charge in [0.2, 0.25) is 5.91 Å². The molecular formula is C17H19N3O4. The van der Waals surface area contributed by atoms with E-state index in [9.17, 15) is 14.4 Å². The van der Waals surface area contributed by atoms with Crippen molar-refractivity contribution in [1.29, 1.82) is 0 Å². The highest BCUT2D eigenvalue weighted by atomic mass is 16.4. The van der Waals surface area contributed by atoms with Crippen LogP contribution in [0.2, 0.25) is 0 Å². The number of carbonyl (C=O) groups excluding carboxylic acids is 2. The molecule has 0 atom stereocenters. The lowest BCUT2D eigenvalue weighted by Crippen LogP contribution is -2.52. The Balaban J connectivity index is 1.43. The van der Waals surface area contributed by atoms with Gasteiger partial charge in [-0.2, -0.15) is 0 Å². The number of hydrogen-bond donors (Lipinski definition) is 1. The SMILES string of the molecule is O=C(c1ccc2oc(=O)[nH]c2c1)N1CCN(C(=O)C2CCC2)CC1. The average Bonchev–Trinajstić information content (AvgIpc) is 2.91. The molecular weight excluding hydrogens is 310 g/mol. The van der Waals surface area contributed by atoms with Crippen LogP contribution in [0.15, 0.2) is 27.4 Å². The third kappa shape index (κ3) is 2.60. The molecule has 7 nitrogen and oxygen atoms in total. The summed E-state index contributed by atoms with van der Waals surface area (Å²) >= 11 is 0. The molecule has 2 amide bonds. The van der Waals surface area contributed by atoms with E-state index in [1.165, 1.54) is 0 Å². The largest absolute Gasteiger partial charge is 0.417 e. The number of hydrogen-bond acceptors (Lipinski definition) is 4. The molecule has 1 N–H and O–H groups in total. The van der Waals surface area contributed by atoms with Gasteiger partial charge < -0.3 is 14.2 Å². The Bertz CT molecular complexity index is 841. The maximum Gasteiger partial charge on any atom is 0.417 e. The first-order valence-electron chi connectivity index (χ1n) is 8.33. The average molecular weight is 329 g/mol. The molecule has 126 valence electrons. The van der Waals surface area contributed by atoms with Crippen LogP contribution < -0.4 is 5.76 Å². The molecule has 1 aliphatic heterocycles. The highest BCUT2D eigenvalue weighted by molar-refractivity contribution is 5.97. The summed E-state index contributed by atoms with van der Waals surface area (Å²) in [4.78, 5) is 42.3. The Labute approximate surface area is 138 Å². The second-order valence-electron chi connectivity index (χ2n) is 6.47. The molecule has 1 aliphatic carbocycles. The Kier molecular flexibility index (Phi) is 3.63. The van der Waals surface area contributed by atoms with Gasteiger partial charge in [-0.3, -0.25) is 14.6 Å². The number of oxazole rings is 1. The van der Waals surface area contributed by atoms with Crippen LogP contribution in [0.4, 0.5) is 0 Å². The third-order valence-electron chi connectivity index (χ3n) is 5.00. The normalized spacial score (nSPS) is 18.7. The first kappa shape index (κ1) is 15.0. The fraction of sp³-hybridized carbons (Fsp3) is 0.471. The van der Waals surface area contributed by atoms with E-state index in [1.54, 1.807) is 23.1 Å². The highest BCUT2D eigenvalue weighted by Gasteiger charge is 2.32. The summed E-state index contributed by atoms with van der Waals surface area (Å²) in [5.74, 6) is -0.175. The van der Waals surface area contributed by atoms with Gasteiger partial charge in [-0.25, -0.2) is 4.79 Å². The molecule has 24 heavy (non-hydrogen) atoms. The maximum atomic E-state index is 12.6. The van der Waals surface area contributed by atoms with Crippen LogP contribution in [0, 0.1) is 5.92 Å². The van der Waals surface area contributed by atoms with E-state index in [-0.39, 0.29) is 17.7 Å². The smallest absolute Gasteiger partial charge is 0.408 e. The first-order chi connectivity index (χ1) is 11.6. The van der Waals surface area contributed by atoms with E-state index in [4.69, 9.17) is 4.42 Å². The molecule has 1 saturated carbocycles. The number of nitrogens with one attached hydrogen (secondary N) is 1. The number of fused-ring (bicyclic) bond motifs is 1. The highest BCUT2D eigenvalue weighted by Crippen LogP contribution is 2.28. The van der Waals surface area contributed by atoms with Gasteiger partial charge in [0.05, 0.1) is 5.52 Å². The summed E-state index contributed by atoms with van der Waals surface area (Å²) in [6, 6.07) is 4.92. The van der Waals surface area contributed by atoms with Crippen LogP contribution in [0.3, 0.4) is 0 Å². The summed E-state index contributed by atoms with van der Waals surface area (Å²) in [7, 11) is 0. The molecule has 1 saturated heterocycles. The molecule has 0 bridgehead atoms. The number of aromatic nitrogens is 1. The number of amides is 2. The zero-order valence-corrected chi connectivity index (χ0v) is 13.3. The van der Waals surface area contributed by atoms with Crippen molar-refractivity contribution in [2.75, 3.05) is 26.2 Å². The van der Waals surface area contributed by atoms with Crippen molar-refractivity contribution in [2.45, 2.75) is 19.3 Å². The number of nitrogens with zero attached hydrogens (tertiary/aromatic N) is 2. The van der Waals surface area contributed by atoms with Gasteiger partial charge in [0.1, 0.15) is 0 Å². The van der Waals surface area contributed by atoms with Crippen LogP contribution in [0.1, 0.15) is 29.6 Å². The van der Waals surface area contributed by atoms with Crippen molar-refractivity contribution in [2.24, 2.45) is 5.92 Å². The summed E-state index contributed by atoms with van der Waals surface area (Å²) in [6.45, 7) is 2.26. The molecule has 1 aromatic heterocycles. The quantitative estimate of drug-likeness (QED) is 0.897. The van der Waals surface area contributed by atoms with Crippen LogP contribution in [0.5, 0.6) is 0 Å². The number of carbonyl (C=O) groups is 2. The Morgan fingerprint density at radius 2 is 1.79 bits per heavy atom. The van der Waals surface area contributed by atoms with E-state index in [0.29, 0.717) is 42.8 Å². The molecule has 2 aliphatic rings. The third-order valence-corrected chi connectivity index (χ3v) is 5.00. The van der Waals surface area contributed by atoms with Crippen LogP contribution >= 0.6 is 0 Å². The fourth-order valence-electron chi connectivity index (χ4n) is 3.31. The standard InChI is InChI=1S/C17H19N3O4/c21-15(11-2-1-3-11)19-6-8-20(9-7-19)16(22)12-4-5-14-13(10-12)18-17(23)24-14/h4-5,10-11H,1-3,6-9H2,(H,18,23). The second-order valence-corrected chi connectivity index (χ2v) is 6.47. The monoisotopic (exact) mass is 329 g/mol. The van der Waals surface area contributed by atoms with Crippen molar-refractivity contribution < 1.29 is 14.0 Å². The van der Waals surface area contributed by atoms with E-state index in [0.717, 1.165) is 19.3 Å². The predicted molar refractivity (Wildman–Crippen MR) is 86.7 cm³/mol. The van der Waals surface area contributed by atoms with E-state index >= 15 is 0 Å². The molecule has 2 aromatic rings. The minimum atomic E-state index is -0.530. The minimum absolute atomic E-state index is 0.0882. The number of piperazine rings is 1. The van der Waals surface area contributed by atoms with Crippen LogP contribution in [-0.2, 0) is 4.79 Å². The van der Waals surface area contributed by atoms with E-state index < -0.39 is 5.76 Å². The molecule has 2 heterocycles. The lowest BCUT2D eigenvalue weighted by molar-refractivity contribution is -0.139. The molecule has 0 radical (unpaired) electrons. The van der Waals surface area contributed by atoms with Gasteiger partial charge in [0, 0.05) is 37.7 Å². The first-order valence-corrected chi connectivity index (χ1v) is 8.33. The second kappa shape index (κ2) is 5.81. The zero-order chi connectivity index (χ0) is 16.7. The van der Waals surface area contributed by atoms with E-state index in [2.05, 4.69) is 4.98 Å². The fourth-order valence-corrected chi connectivity index (χ4v) is 3.31. The van der Waals surface area contributed by atoms with Crippen LogP contribution in [0.25, 0.3) is 11.1 Å². The topological polar surface area (TPSA) is 86.6 Å². The van der Waals surface area contributed by atoms with Crippen molar-refractivity contribution in [3.8, 4) is 0 Å². The lowest BCUT2D eigenvalue weighted by Gasteiger charge is -2.38. The lowest BCUT2D eigenvalue weighted by atomic mass is 9.84. The molecule has 0 spiro atoms. The summed E-state index contributed by atoms with van der Waals surface area (Å²) in [6.07, 6.45) is 3.15. The minimum Gasteiger partial charge on any atom is -0.408 e. The molecule has 7 heteroatoms. The molecule has 2 fully saturated rings. The summed E-state index contributed by atoms with van der Waals surface area (Å²) < 4.78 is 4.95. The van der Waals surface area contributed by atoms with Crippen molar-refractivity contribution in [3.63, 3.8) is 0 Å². The van der Waals surface area contributed by atoms with E-state index in [1.807, 2.05) is 4.90 Å². The molecule has 0 unspecified atom stereocenters. The van der Waals surface area contributed by atoms with Gasteiger partial charge >= 0.3 is 5.76 Å². The number of rotatable bonds is 2. The number of benzene rings is 1. The van der Waals surface area contributed by atoms with Gasteiger partial charge in [-0.05, 0) is 31.0 Å². The Hall–Kier alpha value is -2.57. The summed E-state index contributed by atoms with van der Waals surface area (Å²) in [5, 5.41) is 0.